The third-order valence-corrected chi connectivity index (χ3v) is 2.50. The molecule has 6 heteroatoms. The summed E-state index contributed by atoms with van der Waals surface area (Å²) < 4.78 is 7.09. The van der Waals surface area contributed by atoms with Crippen molar-refractivity contribution in [1.82, 2.24) is 14.7 Å². The summed E-state index contributed by atoms with van der Waals surface area (Å²) in [4.78, 5) is 6.37. The average Bonchev–Trinajstić information content (AvgIpc) is 2.83. The number of guanidine groups is 1. The third kappa shape index (κ3) is 2.96. The Balaban J connectivity index is 1.77. The second-order valence-electron chi connectivity index (χ2n) is 3.61. The van der Waals surface area contributed by atoms with E-state index in [4.69, 9.17) is 10.5 Å². The van der Waals surface area contributed by atoms with Gasteiger partial charge >= 0.3 is 0 Å². The average molecular weight is 223 g/mol. The van der Waals surface area contributed by atoms with Crippen LogP contribution in [0.15, 0.2) is 23.5 Å². The second-order valence-corrected chi connectivity index (χ2v) is 3.61. The molecule has 88 valence electrons. The predicted octanol–water partition coefficient (Wildman–Crippen LogP) is -0.470. The molecule has 1 fully saturated rings. The van der Waals surface area contributed by atoms with Crippen LogP contribution in [0.3, 0.4) is 0 Å². The Kier molecular flexibility index (Phi) is 3.76. The molecule has 0 bridgehead atoms. The number of ether oxygens (including phenoxy) is 1. The van der Waals surface area contributed by atoms with E-state index in [0.717, 1.165) is 32.8 Å². The number of nitrogens with zero attached hydrogens (tertiary/aromatic N) is 4. The van der Waals surface area contributed by atoms with E-state index in [1.807, 2.05) is 21.8 Å². The number of aromatic nitrogens is 2. The molecule has 1 saturated heterocycles. The van der Waals surface area contributed by atoms with E-state index >= 15 is 0 Å². The van der Waals surface area contributed by atoms with Gasteiger partial charge in [-0.25, -0.2) is 0 Å². The summed E-state index contributed by atoms with van der Waals surface area (Å²) in [5, 5.41) is 4.10. The van der Waals surface area contributed by atoms with Gasteiger partial charge in [-0.3, -0.25) is 9.67 Å². The van der Waals surface area contributed by atoms with Gasteiger partial charge in [0.15, 0.2) is 5.96 Å². The number of hydrogen-bond acceptors (Lipinski definition) is 3. The number of nitrogens with two attached hydrogens (primary N) is 1. The molecular weight excluding hydrogens is 206 g/mol. The number of rotatable bonds is 3. The van der Waals surface area contributed by atoms with E-state index in [1.54, 1.807) is 6.20 Å². The van der Waals surface area contributed by atoms with Crippen molar-refractivity contribution in [2.75, 3.05) is 32.8 Å². The lowest BCUT2D eigenvalue weighted by atomic mass is 10.4. The fourth-order valence-corrected chi connectivity index (χ4v) is 1.59. The minimum Gasteiger partial charge on any atom is -0.378 e. The van der Waals surface area contributed by atoms with Crippen LogP contribution in [0.2, 0.25) is 0 Å². The topological polar surface area (TPSA) is 68.7 Å². The molecule has 0 saturated carbocycles. The van der Waals surface area contributed by atoms with Crippen LogP contribution in [0.1, 0.15) is 0 Å². The van der Waals surface area contributed by atoms with E-state index in [0.29, 0.717) is 12.5 Å². The minimum absolute atomic E-state index is 0.607. The second kappa shape index (κ2) is 5.50. The Labute approximate surface area is 94.7 Å². The smallest absolute Gasteiger partial charge is 0.191 e. The van der Waals surface area contributed by atoms with Crippen LogP contribution in [0.4, 0.5) is 0 Å². The van der Waals surface area contributed by atoms with E-state index < -0.39 is 0 Å². The maximum atomic E-state index is 5.88. The van der Waals surface area contributed by atoms with Crippen LogP contribution in [-0.4, -0.2) is 53.5 Å². The summed E-state index contributed by atoms with van der Waals surface area (Å²) in [7, 11) is 0. The molecule has 0 amide bonds. The van der Waals surface area contributed by atoms with Crippen LogP contribution in [-0.2, 0) is 11.3 Å². The number of morpholine rings is 1. The van der Waals surface area contributed by atoms with Gasteiger partial charge in [0.1, 0.15) is 0 Å². The van der Waals surface area contributed by atoms with Gasteiger partial charge in [0.2, 0.25) is 0 Å². The predicted molar refractivity (Wildman–Crippen MR) is 61.1 cm³/mol. The SMILES string of the molecule is NC(=NCCn1cccn1)N1CCOCC1. The molecule has 2 rings (SSSR count). The molecule has 1 aromatic rings. The molecular formula is C10H17N5O. The zero-order valence-electron chi connectivity index (χ0n) is 9.25. The van der Waals surface area contributed by atoms with E-state index in [9.17, 15) is 0 Å². The van der Waals surface area contributed by atoms with Crippen molar-refractivity contribution < 1.29 is 4.74 Å². The first-order chi connectivity index (χ1) is 7.86. The number of aliphatic imine (C=N–C) groups is 1. The highest BCUT2D eigenvalue weighted by Crippen LogP contribution is 1.96. The molecule has 1 aromatic heterocycles. The van der Waals surface area contributed by atoms with Gasteiger partial charge in [0.05, 0.1) is 26.3 Å². The molecule has 1 aliphatic rings. The largest absolute Gasteiger partial charge is 0.378 e. The number of hydrogen-bond donors (Lipinski definition) is 1. The Morgan fingerprint density at radius 2 is 2.25 bits per heavy atom. The fraction of sp³-hybridized carbons (Fsp3) is 0.600. The zero-order valence-corrected chi connectivity index (χ0v) is 9.25. The summed E-state index contributed by atoms with van der Waals surface area (Å²) >= 11 is 0. The van der Waals surface area contributed by atoms with Crippen LogP contribution in [0.25, 0.3) is 0 Å². The molecule has 16 heavy (non-hydrogen) atoms. The summed E-state index contributed by atoms with van der Waals surface area (Å²) in [5.41, 5.74) is 5.88. The van der Waals surface area contributed by atoms with Gasteiger partial charge in [0, 0.05) is 25.5 Å². The van der Waals surface area contributed by atoms with Crippen molar-refractivity contribution in [3.63, 3.8) is 0 Å². The van der Waals surface area contributed by atoms with E-state index in [1.165, 1.54) is 0 Å². The first kappa shape index (κ1) is 10.9. The molecule has 0 aromatic carbocycles. The first-order valence-corrected chi connectivity index (χ1v) is 5.46. The van der Waals surface area contributed by atoms with Crippen molar-refractivity contribution in [1.29, 1.82) is 0 Å². The highest BCUT2D eigenvalue weighted by molar-refractivity contribution is 5.78. The first-order valence-electron chi connectivity index (χ1n) is 5.46. The van der Waals surface area contributed by atoms with Crippen LogP contribution in [0.5, 0.6) is 0 Å². The highest BCUT2D eigenvalue weighted by Gasteiger charge is 2.11. The maximum Gasteiger partial charge on any atom is 0.191 e. The molecule has 2 heterocycles. The molecule has 0 unspecified atom stereocenters. The lowest BCUT2D eigenvalue weighted by molar-refractivity contribution is 0.0674. The van der Waals surface area contributed by atoms with Gasteiger partial charge in [-0.1, -0.05) is 0 Å². The van der Waals surface area contributed by atoms with Gasteiger partial charge in [0.25, 0.3) is 0 Å². The maximum absolute atomic E-state index is 5.88. The molecule has 1 aliphatic heterocycles. The van der Waals surface area contributed by atoms with Gasteiger partial charge < -0.3 is 15.4 Å². The van der Waals surface area contributed by atoms with Crippen molar-refractivity contribution in [3.8, 4) is 0 Å². The Bertz CT molecular complexity index is 329. The van der Waals surface area contributed by atoms with Crippen LogP contribution in [0, 0.1) is 0 Å². The lowest BCUT2D eigenvalue weighted by Crippen LogP contribution is -2.44. The molecule has 0 aliphatic carbocycles. The van der Waals surface area contributed by atoms with Gasteiger partial charge in [-0.15, -0.1) is 0 Å². The highest BCUT2D eigenvalue weighted by atomic mass is 16.5. The lowest BCUT2D eigenvalue weighted by Gasteiger charge is -2.27. The van der Waals surface area contributed by atoms with E-state index in [2.05, 4.69) is 10.1 Å². The normalized spacial score (nSPS) is 17.8. The standard InChI is InChI=1S/C10H17N5O/c11-10(14-6-8-16-9-7-14)12-3-5-15-4-1-2-13-15/h1-2,4H,3,5-9H2,(H2,11,12). The summed E-state index contributed by atoms with van der Waals surface area (Å²) in [6, 6.07) is 1.90. The van der Waals surface area contributed by atoms with E-state index in [-0.39, 0.29) is 0 Å². The summed E-state index contributed by atoms with van der Waals surface area (Å²) in [5.74, 6) is 0.607. The van der Waals surface area contributed by atoms with Crippen molar-refractivity contribution in [2.45, 2.75) is 6.54 Å². The Morgan fingerprint density at radius 3 is 2.94 bits per heavy atom. The van der Waals surface area contributed by atoms with Crippen LogP contribution >= 0.6 is 0 Å². The Morgan fingerprint density at radius 1 is 1.44 bits per heavy atom. The molecule has 0 radical (unpaired) electrons. The van der Waals surface area contributed by atoms with Gasteiger partial charge in [-0.2, -0.15) is 5.10 Å². The molecule has 0 spiro atoms. The van der Waals surface area contributed by atoms with Gasteiger partial charge in [-0.05, 0) is 6.07 Å². The molecule has 6 nitrogen and oxygen atoms in total. The molecule has 0 atom stereocenters. The zero-order chi connectivity index (χ0) is 11.2. The quantitative estimate of drug-likeness (QED) is 0.555. The third-order valence-electron chi connectivity index (χ3n) is 2.50. The van der Waals surface area contributed by atoms with Crippen LogP contribution < -0.4 is 5.73 Å². The monoisotopic (exact) mass is 223 g/mol. The van der Waals surface area contributed by atoms with Crippen molar-refractivity contribution in [3.05, 3.63) is 18.5 Å². The Hall–Kier alpha value is -1.56. The van der Waals surface area contributed by atoms with Crippen molar-refractivity contribution >= 4 is 5.96 Å². The fourth-order valence-electron chi connectivity index (χ4n) is 1.59. The van der Waals surface area contributed by atoms with Crippen molar-refractivity contribution in [2.24, 2.45) is 10.7 Å². The summed E-state index contributed by atoms with van der Waals surface area (Å²) in [6.07, 6.45) is 3.68. The minimum atomic E-state index is 0.607. The summed E-state index contributed by atoms with van der Waals surface area (Å²) in [6.45, 7) is 4.54. The molecule has 2 N–H and O–H groups in total.